The SMILES string of the molecule is Cc1cc(NCc2cnn(-c3ccccc3C)c2)n2nccc2n1. The van der Waals surface area contributed by atoms with Crippen LogP contribution in [0.5, 0.6) is 0 Å². The van der Waals surface area contributed by atoms with Gasteiger partial charge in [0.25, 0.3) is 0 Å². The molecule has 3 heterocycles. The van der Waals surface area contributed by atoms with Gasteiger partial charge in [0.1, 0.15) is 5.82 Å². The van der Waals surface area contributed by atoms with E-state index in [2.05, 4.69) is 39.6 Å². The average Bonchev–Trinajstić information content (AvgIpc) is 3.22. The summed E-state index contributed by atoms with van der Waals surface area (Å²) in [5, 5.41) is 12.2. The number of fused-ring (bicyclic) bond motifs is 1. The zero-order valence-corrected chi connectivity index (χ0v) is 13.6. The van der Waals surface area contributed by atoms with Crippen LogP contribution in [0.4, 0.5) is 5.82 Å². The molecule has 1 aromatic carbocycles. The molecule has 0 aliphatic heterocycles. The van der Waals surface area contributed by atoms with E-state index in [9.17, 15) is 0 Å². The van der Waals surface area contributed by atoms with E-state index in [0.29, 0.717) is 6.54 Å². The molecule has 0 radical (unpaired) electrons. The van der Waals surface area contributed by atoms with Crippen molar-refractivity contribution in [2.75, 3.05) is 5.32 Å². The third kappa shape index (κ3) is 2.62. The highest BCUT2D eigenvalue weighted by Gasteiger charge is 2.06. The van der Waals surface area contributed by atoms with Crippen LogP contribution in [0.25, 0.3) is 11.3 Å². The van der Waals surface area contributed by atoms with Crippen LogP contribution in [0.3, 0.4) is 0 Å². The first-order valence-corrected chi connectivity index (χ1v) is 7.85. The first-order valence-electron chi connectivity index (χ1n) is 7.85. The molecular formula is C18H18N6. The fraction of sp³-hybridized carbons (Fsp3) is 0.167. The lowest BCUT2D eigenvalue weighted by Gasteiger charge is -2.08. The third-order valence-corrected chi connectivity index (χ3v) is 3.96. The second kappa shape index (κ2) is 5.81. The molecule has 120 valence electrons. The van der Waals surface area contributed by atoms with Gasteiger partial charge < -0.3 is 5.32 Å². The summed E-state index contributed by atoms with van der Waals surface area (Å²) in [6, 6.07) is 12.1. The normalized spacial score (nSPS) is 11.1. The Bertz CT molecular complexity index is 998. The Labute approximate surface area is 139 Å². The lowest BCUT2D eigenvalue weighted by molar-refractivity contribution is 0.872. The molecule has 6 nitrogen and oxygen atoms in total. The lowest BCUT2D eigenvalue weighted by Crippen LogP contribution is -2.06. The molecule has 0 aliphatic carbocycles. The van der Waals surface area contributed by atoms with Crippen LogP contribution in [0.15, 0.2) is 55.0 Å². The largest absolute Gasteiger partial charge is 0.366 e. The van der Waals surface area contributed by atoms with Gasteiger partial charge in [-0.3, -0.25) is 0 Å². The molecule has 0 atom stereocenters. The number of hydrogen-bond acceptors (Lipinski definition) is 4. The molecule has 0 spiro atoms. The van der Waals surface area contributed by atoms with E-state index < -0.39 is 0 Å². The van der Waals surface area contributed by atoms with Crippen molar-refractivity contribution in [2.45, 2.75) is 20.4 Å². The molecule has 0 unspecified atom stereocenters. The van der Waals surface area contributed by atoms with Crippen molar-refractivity contribution < 1.29 is 0 Å². The molecular weight excluding hydrogens is 300 g/mol. The maximum atomic E-state index is 4.47. The first kappa shape index (κ1) is 14.4. The van der Waals surface area contributed by atoms with Gasteiger partial charge in [0.05, 0.1) is 18.1 Å². The molecule has 4 rings (SSSR count). The van der Waals surface area contributed by atoms with Crippen LogP contribution in [0, 0.1) is 13.8 Å². The quantitative estimate of drug-likeness (QED) is 0.628. The van der Waals surface area contributed by atoms with Gasteiger partial charge in [-0.1, -0.05) is 18.2 Å². The van der Waals surface area contributed by atoms with E-state index in [4.69, 9.17) is 0 Å². The predicted molar refractivity (Wildman–Crippen MR) is 93.4 cm³/mol. The van der Waals surface area contributed by atoms with Crippen LogP contribution in [-0.4, -0.2) is 24.4 Å². The van der Waals surface area contributed by atoms with Gasteiger partial charge in [0, 0.05) is 36.1 Å². The van der Waals surface area contributed by atoms with Crippen LogP contribution in [-0.2, 0) is 6.54 Å². The highest BCUT2D eigenvalue weighted by molar-refractivity contribution is 5.49. The van der Waals surface area contributed by atoms with Gasteiger partial charge in [-0.25, -0.2) is 9.67 Å². The maximum absolute atomic E-state index is 4.47. The van der Waals surface area contributed by atoms with Crippen LogP contribution >= 0.6 is 0 Å². The van der Waals surface area contributed by atoms with Crippen molar-refractivity contribution in [3.05, 3.63) is 71.8 Å². The van der Waals surface area contributed by atoms with Crippen LogP contribution < -0.4 is 5.32 Å². The molecule has 0 amide bonds. The molecule has 0 saturated heterocycles. The van der Waals surface area contributed by atoms with E-state index in [0.717, 1.165) is 28.4 Å². The summed E-state index contributed by atoms with van der Waals surface area (Å²) in [4.78, 5) is 4.45. The summed E-state index contributed by atoms with van der Waals surface area (Å²) < 4.78 is 3.71. The minimum Gasteiger partial charge on any atom is -0.366 e. The minimum atomic E-state index is 0.671. The van der Waals surface area contributed by atoms with Gasteiger partial charge in [-0.2, -0.15) is 14.7 Å². The minimum absolute atomic E-state index is 0.671. The highest BCUT2D eigenvalue weighted by atomic mass is 15.3. The van der Waals surface area contributed by atoms with Gasteiger partial charge in [0.2, 0.25) is 0 Å². The Morgan fingerprint density at radius 2 is 1.96 bits per heavy atom. The Kier molecular flexibility index (Phi) is 3.49. The summed E-state index contributed by atoms with van der Waals surface area (Å²) in [6.07, 6.45) is 5.68. The van der Waals surface area contributed by atoms with E-state index >= 15 is 0 Å². The van der Waals surface area contributed by atoms with Crippen molar-refractivity contribution in [3.8, 4) is 5.69 Å². The number of nitrogens with one attached hydrogen (secondary N) is 1. The Hall–Kier alpha value is -3.15. The predicted octanol–water partition coefficient (Wildman–Crippen LogP) is 3.14. The van der Waals surface area contributed by atoms with Crippen molar-refractivity contribution in [1.82, 2.24) is 24.4 Å². The van der Waals surface area contributed by atoms with Crippen molar-refractivity contribution in [2.24, 2.45) is 0 Å². The summed E-state index contributed by atoms with van der Waals surface area (Å²) in [5.74, 6) is 0.922. The number of para-hydroxylation sites is 1. The Morgan fingerprint density at radius 3 is 2.83 bits per heavy atom. The van der Waals surface area contributed by atoms with E-state index in [-0.39, 0.29) is 0 Å². The maximum Gasteiger partial charge on any atom is 0.157 e. The number of hydrogen-bond donors (Lipinski definition) is 1. The smallest absolute Gasteiger partial charge is 0.157 e. The molecule has 0 aliphatic rings. The fourth-order valence-electron chi connectivity index (χ4n) is 2.76. The van der Waals surface area contributed by atoms with Gasteiger partial charge in [0.15, 0.2) is 5.65 Å². The molecule has 3 aromatic heterocycles. The summed E-state index contributed by atoms with van der Waals surface area (Å²) in [7, 11) is 0. The van der Waals surface area contributed by atoms with Gasteiger partial charge in [-0.15, -0.1) is 0 Å². The number of benzene rings is 1. The molecule has 0 fully saturated rings. The number of rotatable bonds is 4. The van der Waals surface area contributed by atoms with E-state index in [1.165, 1.54) is 5.56 Å². The van der Waals surface area contributed by atoms with Gasteiger partial charge in [-0.05, 0) is 25.5 Å². The standard InChI is InChI=1S/C18H18N6/c1-13-5-3-4-6-16(13)23-12-15(11-21-23)10-19-18-9-14(2)22-17-7-8-20-24(17)18/h3-9,11-12,19H,10H2,1-2H3. The Morgan fingerprint density at radius 1 is 1.08 bits per heavy atom. The van der Waals surface area contributed by atoms with Crippen LogP contribution in [0.1, 0.15) is 16.8 Å². The molecule has 4 aromatic rings. The number of anilines is 1. The fourth-order valence-corrected chi connectivity index (χ4v) is 2.76. The zero-order chi connectivity index (χ0) is 16.5. The zero-order valence-electron chi connectivity index (χ0n) is 13.6. The third-order valence-electron chi connectivity index (χ3n) is 3.96. The van der Waals surface area contributed by atoms with E-state index in [1.807, 2.05) is 48.3 Å². The average molecular weight is 318 g/mol. The summed E-state index contributed by atoms with van der Waals surface area (Å²) in [5.41, 5.74) is 5.20. The second-order valence-electron chi connectivity index (χ2n) is 5.82. The van der Waals surface area contributed by atoms with E-state index in [1.54, 1.807) is 10.7 Å². The number of aromatic nitrogens is 5. The lowest BCUT2D eigenvalue weighted by atomic mass is 10.2. The molecule has 0 bridgehead atoms. The number of nitrogens with zero attached hydrogens (tertiary/aromatic N) is 5. The first-order chi connectivity index (χ1) is 11.7. The van der Waals surface area contributed by atoms with Crippen molar-refractivity contribution in [3.63, 3.8) is 0 Å². The molecule has 6 heteroatoms. The summed E-state index contributed by atoms with van der Waals surface area (Å²) >= 11 is 0. The molecule has 1 N–H and O–H groups in total. The molecule has 24 heavy (non-hydrogen) atoms. The topological polar surface area (TPSA) is 60.0 Å². The second-order valence-corrected chi connectivity index (χ2v) is 5.82. The Balaban J connectivity index is 1.56. The molecule has 0 saturated carbocycles. The van der Waals surface area contributed by atoms with Crippen molar-refractivity contribution >= 4 is 11.5 Å². The highest BCUT2D eigenvalue weighted by Crippen LogP contribution is 2.15. The monoisotopic (exact) mass is 318 g/mol. The van der Waals surface area contributed by atoms with Crippen LogP contribution in [0.2, 0.25) is 0 Å². The van der Waals surface area contributed by atoms with Crippen molar-refractivity contribution in [1.29, 1.82) is 0 Å². The number of aryl methyl sites for hydroxylation is 2. The summed E-state index contributed by atoms with van der Waals surface area (Å²) in [6.45, 7) is 4.74. The van der Waals surface area contributed by atoms with Gasteiger partial charge >= 0.3 is 0 Å².